The van der Waals surface area contributed by atoms with Crippen LogP contribution in [-0.4, -0.2) is 11.0 Å². The van der Waals surface area contributed by atoms with E-state index in [9.17, 15) is 0 Å². The van der Waals surface area contributed by atoms with Gasteiger partial charge < -0.3 is 5.32 Å². The fourth-order valence-electron chi connectivity index (χ4n) is 2.24. The highest BCUT2D eigenvalue weighted by Crippen LogP contribution is 2.29. The lowest BCUT2D eigenvalue weighted by atomic mass is 9.87. The van der Waals surface area contributed by atoms with Gasteiger partial charge in [-0.25, -0.2) is 4.98 Å². The van der Waals surface area contributed by atoms with Crippen LogP contribution in [0, 0.1) is 12.8 Å². The van der Waals surface area contributed by atoms with E-state index in [2.05, 4.69) is 40.1 Å². The molecule has 1 fully saturated rings. The molecule has 2 nitrogen and oxygen atoms in total. The number of nitrogens with one attached hydrogen (secondary N) is 1. The molecule has 88 valence electrons. The zero-order valence-corrected chi connectivity index (χ0v) is 11.5. The average Bonchev–Trinajstić information content (AvgIpc) is 2.28. The fourth-order valence-corrected chi connectivity index (χ4v) is 2.59. The van der Waals surface area contributed by atoms with E-state index in [1.165, 1.54) is 31.2 Å². The van der Waals surface area contributed by atoms with Crippen LogP contribution in [0.1, 0.15) is 38.2 Å². The molecule has 1 saturated carbocycles. The minimum absolute atomic E-state index is 0.599. The van der Waals surface area contributed by atoms with E-state index >= 15 is 0 Å². The molecule has 1 heterocycles. The lowest BCUT2D eigenvalue weighted by Gasteiger charge is -2.27. The molecule has 0 atom stereocenters. The lowest BCUT2D eigenvalue weighted by Crippen LogP contribution is -2.25. The topological polar surface area (TPSA) is 24.9 Å². The predicted octanol–water partition coefficient (Wildman–Crippen LogP) is 4.14. The summed E-state index contributed by atoms with van der Waals surface area (Å²) in [6.07, 6.45) is 7.07. The monoisotopic (exact) mass is 282 g/mol. The molecule has 2 rings (SSSR count). The average molecular weight is 283 g/mol. The Balaban J connectivity index is 2.01. The van der Waals surface area contributed by atoms with Gasteiger partial charge in [-0.15, -0.1) is 0 Å². The molecule has 0 saturated heterocycles. The summed E-state index contributed by atoms with van der Waals surface area (Å²) in [5.74, 6) is 1.89. The van der Waals surface area contributed by atoms with Crippen molar-refractivity contribution in [2.75, 3.05) is 5.32 Å². The SMILES string of the molecule is Cc1ccnc(NC2CCC(C)CC2)c1Br. The molecular formula is C13H19BrN2. The second-order valence-corrected chi connectivity index (χ2v) is 5.68. The molecular weight excluding hydrogens is 264 g/mol. The van der Waals surface area contributed by atoms with E-state index in [4.69, 9.17) is 0 Å². The molecule has 1 aliphatic rings. The van der Waals surface area contributed by atoms with Crippen LogP contribution in [-0.2, 0) is 0 Å². The third kappa shape index (κ3) is 2.76. The summed E-state index contributed by atoms with van der Waals surface area (Å²) in [4.78, 5) is 4.39. The Morgan fingerprint density at radius 1 is 1.31 bits per heavy atom. The smallest absolute Gasteiger partial charge is 0.140 e. The van der Waals surface area contributed by atoms with Crippen molar-refractivity contribution in [3.05, 3.63) is 22.3 Å². The molecule has 1 aliphatic carbocycles. The van der Waals surface area contributed by atoms with Crippen LogP contribution in [0.25, 0.3) is 0 Å². The first-order chi connectivity index (χ1) is 7.66. The quantitative estimate of drug-likeness (QED) is 0.882. The Bertz CT molecular complexity index is 357. The zero-order valence-electron chi connectivity index (χ0n) is 9.96. The number of aryl methyl sites for hydroxylation is 1. The Morgan fingerprint density at radius 2 is 2.00 bits per heavy atom. The van der Waals surface area contributed by atoms with Gasteiger partial charge in [0, 0.05) is 12.2 Å². The van der Waals surface area contributed by atoms with Crippen molar-refractivity contribution in [2.24, 2.45) is 5.92 Å². The van der Waals surface area contributed by atoms with E-state index in [-0.39, 0.29) is 0 Å². The Labute approximate surface area is 106 Å². The van der Waals surface area contributed by atoms with E-state index in [1.54, 1.807) is 0 Å². The van der Waals surface area contributed by atoms with E-state index < -0.39 is 0 Å². The summed E-state index contributed by atoms with van der Waals surface area (Å²) < 4.78 is 1.11. The van der Waals surface area contributed by atoms with Crippen LogP contribution in [0.5, 0.6) is 0 Å². The number of rotatable bonds is 2. The highest BCUT2D eigenvalue weighted by molar-refractivity contribution is 9.10. The van der Waals surface area contributed by atoms with Crippen molar-refractivity contribution in [1.82, 2.24) is 4.98 Å². The van der Waals surface area contributed by atoms with Crippen molar-refractivity contribution in [2.45, 2.75) is 45.6 Å². The van der Waals surface area contributed by atoms with Crippen molar-refractivity contribution in [3.8, 4) is 0 Å². The number of hydrogen-bond acceptors (Lipinski definition) is 2. The fraction of sp³-hybridized carbons (Fsp3) is 0.615. The third-order valence-electron chi connectivity index (χ3n) is 3.44. The van der Waals surface area contributed by atoms with Crippen molar-refractivity contribution < 1.29 is 0 Å². The number of halogens is 1. The predicted molar refractivity (Wildman–Crippen MR) is 71.7 cm³/mol. The van der Waals surface area contributed by atoms with Gasteiger partial charge in [-0.05, 0) is 66.1 Å². The van der Waals surface area contributed by atoms with Gasteiger partial charge in [-0.3, -0.25) is 0 Å². The summed E-state index contributed by atoms with van der Waals surface area (Å²) in [5.41, 5.74) is 1.24. The molecule has 0 aliphatic heterocycles. The molecule has 0 bridgehead atoms. The molecule has 0 amide bonds. The van der Waals surface area contributed by atoms with Crippen LogP contribution in [0.15, 0.2) is 16.7 Å². The molecule has 1 N–H and O–H groups in total. The Hall–Kier alpha value is -0.570. The van der Waals surface area contributed by atoms with Gasteiger partial charge in [-0.1, -0.05) is 6.92 Å². The van der Waals surface area contributed by atoms with E-state index in [1.807, 2.05) is 12.3 Å². The normalized spacial score (nSPS) is 25.4. The summed E-state index contributed by atoms with van der Waals surface area (Å²) in [6, 6.07) is 2.62. The highest BCUT2D eigenvalue weighted by Gasteiger charge is 2.19. The lowest BCUT2D eigenvalue weighted by molar-refractivity contribution is 0.360. The maximum Gasteiger partial charge on any atom is 0.140 e. The summed E-state index contributed by atoms with van der Waals surface area (Å²) in [7, 11) is 0. The molecule has 0 unspecified atom stereocenters. The first-order valence-corrected chi connectivity index (χ1v) is 6.83. The van der Waals surface area contributed by atoms with Gasteiger partial charge >= 0.3 is 0 Å². The third-order valence-corrected chi connectivity index (χ3v) is 4.44. The molecule has 3 heteroatoms. The summed E-state index contributed by atoms with van der Waals surface area (Å²) >= 11 is 3.59. The molecule has 0 spiro atoms. The summed E-state index contributed by atoms with van der Waals surface area (Å²) in [5, 5.41) is 3.55. The van der Waals surface area contributed by atoms with Gasteiger partial charge in [0.25, 0.3) is 0 Å². The van der Waals surface area contributed by atoms with Crippen molar-refractivity contribution in [1.29, 1.82) is 0 Å². The van der Waals surface area contributed by atoms with Crippen molar-refractivity contribution >= 4 is 21.7 Å². The minimum atomic E-state index is 0.599. The zero-order chi connectivity index (χ0) is 11.5. The molecule has 0 aromatic carbocycles. The highest BCUT2D eigenvalue weighted by atomic mass is 79.9. The van der Waals surface area contributed by atoms with E-state index in [0.717, 1.165) is 16.2 Å². The number of nitrogens with zero attached hydrogens (tertiary/aromatic N) is 1. The minimum Gasteiger partial charge on any atom is -0.366 e. The number of anilines is 1. The first-order valence-electron chi connectivity index (χ1n) is 6.04. The van der Waals surface area contributed by atoms with Gasteiger partial charge in [0.1, 0.15) is 5.82 Å². The standard InChI is InChI=1S/C13H19BrN2/c1-9-3-5-11(6-4-9)16-13-12(14)10(2)7-8-15-13/h7-9,11H,3-6H2,1-2H3,(H,15,16). The first kappa shape index (κ1) is 11.9. The molecule has 1 aromatic heterocycles. The molecule has 0 radical (unpaired) electrons. The van der Waals surface area contributed by atoms with Crippen LogP contribution in [0.4, 0.5) is 5.82 Å². The van der Waals surface area contributed by atoms with Crippen LogP contribution < -0.4 is 5.32 Å². The van der Waals surface area contributed by atoms with Gasteiger partial charge in [0.15, 0.2) is 0 Å². The molecule has 1 aromatic rings. The number of hydrogen-bond donors (Lipinski definition) is 1. The Kier molecular flexibility index (Phi) is 3.85. The van der Waals surface area contributed by atoms with Crippen LogP contribution in [0.2, 0.25) is 0 Å². The van der Waals surface area contributed by atoms with E-state index in [0.29, 0.717) is 6.04 Å². The second-order valence-electron chi connectivity index (χ2n) is 4.89. The maximum absolute atomic E-state index is 4.39. The van der Waals surface area contributed by atoms with Crippen LogP contribution in [0.3, 0.4) is 0 Å². The largest absolute Gasteiger partial charge is 0.366 e. The van der Waals surface area contributed by atoms with Gasteiger partial charge in [0.2, 0.25) is 0 Å². The maximum atomic E-state index is 4.39. The van der Waals surface area contributed by atoms with Gasteiger partial charge in [0.05, 0.1) is 4.47 Å². The number of pyridine rings is 1. The van der Waals surface area contributed by atoms with Gasteiger partial charge in [-0.2, -0.15) is 0 Å². The van der Waals surface area contributed by atoms with Crippen molar-refractivity contribution in [3.63, 3.8) is 0 Å². The number of aromatic nitrogens is 1. The van der Waals surface area contributed by atoms with Crippen LogP contribution >= 0.6 is 15.9 Å². The Morgan fingerprint density at radius 3 is 2.69 bits per heavy atom. The molecule has 16 heavy (non-hydrogen) atoms. The summed E-state index contributed by atoms with van der Waals surface area (Å²) in [6.45, 7) is 4.44. The second kappa shape index (κ2) is 5.17.